The third-order valence-electron chi connectivity index (χ3n) is 2.90. The lowest BCUT2D eigenvalue weighted by Gasteiger charge is -2.09. The van der Waals surface area contributed by atoms with Gasteiger partial charge in [0.1, 0.15) is 0 Å². The molecule has 0 N–H and O–H groups in total. The van der Waals surface area contributed by atoms with E-state index in [-0.39, 0.29) is 0 Å². The van der Waals surface area contributed by atoms with Crippen LogP contribution in [-0.4, -0.2) is 9.78 Å². The van der Waals surface area contributed by atoms with Gasteiger partial charge in [0.2, 0.25) is 0 Å². The number of halogens is 3. The number of aromatic nitrogens is 2. The molecule has 0 spiro atoms. The molecule has 0 amide bonds. The third-order valence-corrected chi connectivity index (χ3v) is 2.90. The summed E-state index contributed by atoms with van der Waals surface area (Å²) in [4.78, 5) is 0. The molecule has 0 bridgehead atoms. The SMILES string of the molecule is FC(F)(F)c1cccc(-n2ncc3ccccc32)c1. The summed E-state index contributed by atoms with van der Waals surface area (Å²) in [6.45, 7) is 0. The lowest BCUT2D eigenvalue weighted by atomic mass is 10.2. The van der Waals surface area contributed by atoms with Crippen molar-refractivity contribution in [3.63, 3.8) is 0 Å². The Hall–Kier alpha value is -2.30. The van der Waals surface area contributed by atoms with E-state index in [1.54, 1.807) is 12.3 Å². The Morgan fingerprint density at radius 2 is 1.74 bits per heavy atom. The number of hydrogen-bond donors (Lipinski definition) is 0. The summed E-state index contributed by atoms with van der Waals surface area (Å²) in [5, 5.41) is 5.03. The Labute approximate surface area is 107 Å². The van der Waals surface area contributed by atoms with Gasteiger partial charge in [-0.15, -0.1) is 0 Å². The average molecular weight is 262 g/mol. The molecule has 0 atom stereocenters. The van der Waals surface area contributed by atoms with Gasteiger partial charge in [-0.1, -0.05) is 24.3 Å². The van der Waals surface area contributed by atoms with Crippen LogP contribution in [0.2, 0.25) is 0 Å². The highest BCUT2D eigenvalue weighted by molar-refractivity contribution is 5.80. The Kier molecular flexibility index (Phi) is 2.55. The van der Waals surface area contributed by atoms with E-state index >= 15 is 0 Å². The van der Waals surface area contributed by atoms with Crippen LogP contribution in [0, 0.1) is 0 Å². The Morgan fingerprint density at radius 3 is 2.53 bits per heavy atom. The molecular weight excluding hydrogens is 253 g/mol. The zero-order valence-electron chi connectivity index (χ0n) is 9.72. The molecule has 0 aliphatic heterocycles. The molecule has 0 saturated carbocycles. The van der Waals surface area contributed by atoms with Gasteiger partial charge in [-0.05, 0) is 24.3 Å². The maximum Gasteiger partial charge on any atom is 0.416 e. The van der Waals surface area contributed by atoms with Crippen LogP contribution in [0.5, 0.6) is 0 Å². The van der Waals surface area contributed by atoms with Crippen molar-refractivity contribution < 1.29 is 13.2 Å². The zero-order chi connectivity index (χ0) is 13.5. The van der Waals surface area contributed by atoms with Crippen LogP contribution in [0.1, 0.15) is 5.56 Å². The summed E-state index contributed by atoms with van der Waals surface area (Å²) in [7, 11) is 0. The monoisotopic (exact) mass is 262 g/mol. The molecule has 1 aromatic heterocycles. The number of benzene rings is 2. The van der Waals surface area contributed by atoms with Crippen LogP contribution in [0.4, 0.5) is 13.2 Å². The summed E-state index contributed by atoms with van der Waals surface area (Å²) in [5.41, 5.74) is 0.502. The second kappa shape index (κ2) is 4.12. The molecule has 2 nitrogen and oxygen atoms in total. The van der Waals surface area contributed by atoms with E-state index in [1.807, 2.05) is 24.3 Å². The second-order valence-electron chi connectivity index (χ2n) is 4.16. The van der Waals surface area contributed by atoms with Crippen molar-refractivity contribution >= 4 is 10.9 Å². The van der Waals surface area contributed by atoms with Crippen LogP contribution in [0.3, 0.4) is 0 Å². The topological polar surface area (TPSA) is 17.8 Å². The zero-order valence-corrected chi connectivity index (χ0v) is 9.72. The van der Waals surface area contributed by atoms with Gasteiger partial charge in [-0.2, -0.15) is 18.3 Å². The fourth-order valence-corrected chi connectivity index (χ4v) is 1.99. The molecule has 3 rings (SSSR count). The average Bonchev–Trinajstić information content (AvgIpc) is 2.82. The lowest BCUT2D eigenvalue weighted by Crippen LogP contribution is -2.06. The summed E-state index contributed by atoms with van der Waals surface area (Å²) in [5.74, 6) is 0. The number of rotatable bonds is 1. The molecule has 5 heteroatoms. The van der Waals surface area contributed by atoms with E-state index in [9.17, 15) is 13.2 Å². The highest BCUT2D eigenvalue weighted by atomic mass is 19.4. The Balaban J connectivity index is 2.17. The smallest absolute Gasteiger partial charge is 0.233 e. The van der Waals surface area contributed by atoms with Crippen molar-refractivity contribution in [2.75, 3.05) is 0 Å². The molecule has 0 radical (unpaired) electrons. The van der Waals surface area contributed by atoms with Crippen LogP contribution < -0.4 is 0 Å². The first-order valence-corrected chi connectivity index (χ1v) is 5.66. The van der Waals surface area contributed by atoms with E-state index in [0.29, 0.717) is 5.69 Å². The molecule has 2 aromatic carbocycles. The highest BCUT2D eigenvalue weighted by Gasteiger charge is 2.30. The maximum atomic E-state index is 12.7. The van der Waals surface area contributed by atoms with Gasteiger partial charge in [0.25, 0.3) is 0 Å². The number of alkyl halides is 3. The van der Waals surface area contributed by atoms with E-state index < -0.39 is 11.7 Å². The van der Waals surface area contributed by atoms with Crippen LogP contribution in [0.25, 0.3) is 16.6 Å². The molecule has 19 heavy (non-hydrogen) atoms. The van der Waals surface area contributed by atoms with E-state index in [1.165, 1.54) is 10.7 Å². The molecular formula is C14H9F3N2. The quantitative estimate of drug-likeness (QED) is 0.647. The first-order chi connectivity index (χ1) is 9.05. The number of hydrogen-bond acceptors (Lipinski definition) is 1. The summed E-state index contributed by atoms with van der Waals surface area (Å²) in [6.07, 6.45) is -2.71. The van der Waals surface area contributed by atoms with Gasteiger partial charge >= 0.3 is 6.18 Å². The maximum absolute atomic E-state index is 12.7. The van der Waals surface area contributed by atoms with Gasteiger partial charge < -0.3 is 0 Å². The molecule has 1 heterocycles. The van der Waals surface area contributed by atoms with Crippen molar-refractivity contribution in [2.45, 2.75) is 6.18 Å². The van der Waals surface area contributed by atoms with Crippen molar-refractivity contribution in [3.05, 3.63) is 60.3 Å². The summed E-state index contributed by atoms with van der Waals surface area (Å²) < 4.78 is 39.6. The van der Waals surface area contributed by atoms with Crippen molar-refractivity contribution in [3.8, 4) is 5.69 Å². The molecule has 0 aliphatic carbocycles. The fourth-order valence-electron chi connectivity index (χ4n) is 1.99. The van der Waals surface area contributed by atoms with Crippen molar-refractivity contribution in [2.24, 2.45) is 0 Å². The molecule has 0 saturated heterocycles. The van der Waals surface area contributed by atoms with Crippen molar-refractivity contribution in [1.82, 2.24) is 9.78 Å². The van der Waals surface area contributed by atoms with Gasteiger partial charge in [-0.25, -0.2) is 4.68 Å². The minimum absolute atomic E-state index is 0.399. The van der Waals surface area contributed by atoms with Gasteiger partial charge in [0.15, 0.2) is 0 Å². The minimum atomic E-state index is -4.35. The number of nitrogens with zero attached hydrogens (tertiary/aromatic N) is 2. The van der Waals surface area contributed by atoms with Gasteiger partial charge in [0, 0.05) is 5.39 Å². The molecule has 0 fully saturated rings. The molecule has 3 aromatic rings. The summed E-state index contributed by atoms with van der Waals surface area (Å²) >= 11 is 0. The van der Waals surface area contributed by atoms with E-state index in [4.69, 9.17) is 0 Å². The molecule has 0 aliphatic rings. The predicted octanol–water partition coefficient (Wildman–Crippen LogP) is 4.04. The highest BCUT2D eigenvalue weighted by Crippen LogP contribution is 2.30. The normalized spacial score (nSPS) is 11.9. The first kappa shape index (κ1) is 11.8. The number of para-hydroxylation sites is 1. The van der Waals surface area contributed by atoms with Crippen LogP contribution >= 0.6 is 0 Å². The first-order valence-electron chi connectivity index (χ1n) is 5.66. The van der Waals surface area contributed by atoms with Crippen LogP contribution in [0.15, 0.2) is 54.7 Å². The largest absolute Gasteiger partial charge is 0.416 e. The van der Waals surface area contributed by atoms with Gasteiger partial charge in [0.05, 0.1) is 23.0 Å². The Morgan fingerprint density at radius 1 is 0.947 bits per heavy atom. The molecule has 96 valence electrons. The van der Waals surface area contributed by atoms with E-state index in [0.717, 1.165) is 23.0 Å². The van der Waals surface area contributed by atoms with Crippen LogP contribution in [-0.2, 0) is 6.18 Å². The Bertz CT molecular complexity index is 729. The summed E-state index contributed by atoms with van der Waals surface area (Å²) in [6, 6.07) is 12.5. The van der Waals surface area contributed by atoms with Gasteiger partial charge in [-0.3, -0.25) is 0 Å². The second-order valence-corrected chi connectivity index (χ2v) is 4.16. The minimum Gasteiger partial charge on any atom is -0.233 e. The molecule has 0 unspecified atom stereocenters. The van der Waals surface area contributed by atoms with Crippen molar-refractivity contribution in [1.29, 1.82) is 0 Å². The lowest BCUT2D eigenvalue weighted by molar-refractivity contribution is -0.137. The fraction of sp³-hybridized carbons (Fsp3) is 0.0714. The number of fused-ring (bicyclic) bond motifs is 1. The standard InChI is InChI=1S/C14H9F3N2/c15-14(16,17)11-5-3-6-12(8-11)19-13-7-2-1-4-10(13)9-18-19/h1-9H. The predicted molar refractivity (Wildman–Crippen MR) is 66.1 cm³/mol. The third kappa shape index (κ3) is 2.07. The van der Waals surface area contributed by atoms with E-state index in [2.05, 4.69) is 5.10 Å².